The number of nitrogens with zero attached hydrogens (tertiary/aromatic N) is 1. The van der Waals surface area contributed by atoms with Gasteiger partial charge in [0.2, 0.25) is 17.7 Å². The normalized spacial score (nSPS) is 36.7. The second kappa shape index (κ2) is 6.82. The molecular formula is C16H22ClN3O4. The Labute approximate surface area is 146 Å². The van der Waals surface area contributed by atoms with Crippen molar-refractivity contribution in [3.05, 3.63) is 12.2 Å². The fraction of sp³-hybridized carbons (Fsp3) is 0.688. The van der Waals surface area contributed by atoms with E-state index in [9.17, 15) is 14.4 Å². The molecule has 3 amide bonds. The maximum Gasteiger partial charge on any atom is 0.239 e. The maximum absolute atomic E-state index is 12.5. The molecule has 8 heteroatoms. The van der Waals surface area contributed by atoms with Crippen LogP contribution in [0.25, 0.3) is 0 Å². The van der Waals surface area contributed by atoms with Gasteiger partial charge in [0.15, 0.2) is 0 Å². The SMILES string of the molecule is Cl.O=C(NCCN1C(=O)C2C3C=CC(C3)C2C1=O)C1COCCN1. The van der Waals surface area contributed by atoms with Gasteiger partial charge < -0.3 is 15.4 Å². The Morgan fingerprint density at radius 1 is 1.25 bits per heavy atom. The number of hydrogen-bond donors (Lipinski definition) is 2. The van der Waals surface area contributed by atoms with Crippen molar-refractivity contribution < 1.29 is 19.1 Å². The smallest absolute Gasteiger partial charge is 0.239 e. The summed E-state index contributed by atoms with van der Waals surface area (Å²) in [5.74, 6) is -0.154. The highest BCUT2D eigenvalue weighted by molar-refractivity contribution is 6.06. The van der Waals surface area contributed by atoms with Gasteiger partial charge in [-0.2, -0.15) is 0 Å². The highest BCUT2D eigenvalue weighted by Gasteiger charge is 2.58. The van der Waals surface area contributed by atoms with E-state index in [1.54, 1.807) is 0 Å². The third-order valence-electron chi connectivity index (χ3n) is 5.43. The lowest BCUT2D eigenvalue weighted by Gasteiger charge is -2.23. The molecule has 3 fully saturated rings. The zero-order chi connectivity index (χ0) is 16.0. The summed E-state index contributed by atoms with van der Waals surface area (Å²) in [6.45, 7) is 2.16. The van der Waals surface area contributed by atoms with E-state index in [0.717, 1.165) is 6.42 Å². The highest BCUT2D eigenvalue weighted by atomic mass is 35.5. The van der Waals surface area contributed by atoms with Gasteiger partial charge in [0.1, 0.15) is 6.04 Å². The van der Waals surface area contributed by atoms with Crippen LogP contribution in [0, 0.1) is 23.7 Å². The number of nitrogens with one attached hydrogen (secondary N) is 2. The Morgan fingerprint density at radius 3 is 2.50 bits per heavy atom. The highest BCUT2D eigenvalue weighted by Crippen LogP contribution is 2.52. The summed E-state index contributed by atoms with van der Waals surface area (Å²) >= 11 is 0. The number of carbonyl (C=O) groups is 3. The average molecular weight is 356 g/mol. The van der Waals surface area contributed by atoms with E-state index in [1.165, 1.54) is 4.90 Å². The molecule has 2 heterocycles. The fourth-order valence-corrected chi connectivity index (χ4v) is 4.33. The van der Waals surface area contributed by atoms with Gasteiger partial charge >= 0.3 is 0 Å². The van der Waals surface area contributed by atoms with Gasteiger partial charge in [-0.15, -0.1) is 12.4 Å². The number of morpholine rings is 1. The largest absolute Gasteiger partial charge is 0.378 e. The predicted molar refractivity (Wildman–Crippen MR) is 87.3 cm³/mol. The number of halogens is 1. The van der Waals surface area contributed by atoms with Crippen LogP contribution in [0.1, 0.15) is 6.42 Å². The molecule has 2 saturated heterocycles. The van der Waals surface area contributed by atoms with Crippen LogP contribution in [0.5, 0.6) is 0 Å². The molecule has 4 rings (SSSR count). The summed E-state index contributed by atoms with van der Waals surface area (Å²) < 4.78 is 5.25. The molecule has 24 heavy (non-hydrogen) atoms. The summed E-state index contributed by atoms with van der Waals surface area (Å²) in [5, 5.41) is 5.86. The Balaban J connectivity index is 0.00000169. The standard InChI is InChI=1S/C16H21N3O4.ClH/c20-14(11-8-23-6-4-17-11)18-3-5-19-15(21)12-9-1-2-10(7-9)13(12)16(19)22;/h1-2,9-13,17H,3-8H2,(H,18,20);1H. The maximum atomic E-state index is 12.5. The van der Waals surface area contributed by atoms with Crippen LogP contribution in [-0.4, -0.2) is 61.5 Å². The molecule has 5 atom stereocenters. The van der Waals surface area contributed by atoms with Crippen molar-refractivity contribution in [1.82, 2.24) is 15.5 Å². The first-order valence-corrected chi connectivity index (χ1v) is 8.29. The van der Waals surface area contributed by atoms with E-state index in [0.29, 0.717) is 19.8 Å². The Morgan fingerprint density at radius 2 is 1.92 bits per heavy atom. The van der Waals surface area contributed by atoms with E-state index in [-0.39, 0.29) is 72.9 Å². The number of ether oxygens (including phenoxy) is 1. The summed E-state index contributed by atoms with van der Waals surface area (Å²) in [7, 11) is 0. The van der Waals surface area contributed by atoms with E-state index in [4.69, 9.17) is 4.74 Å². The average Bonchev–Trinajstić information content (AvgIpc) is 3.25. The molecule has 2 aliphatic carbocycles. The van der Waals surface area contributed by atoms with Gasteiger partial charge in [-0.25, -0.2) is 0 Å². The number of imide groups is 1. The second-order valence-corrected chi connectivity index (χ2v) is 6.70. The van der Waals surface area contributed by atoms with Crippen molar-refractivity contribution in [2.45, 2.75) is 12.5 Å². The van der Waals surface area contributed by atoms with Crippen molar-refractivity contribution in [1.29, 1.82) is 0 Å². The number of hydrogen-bond acceptors (Lipinski definition) is 5. The lowest BCUT2D eigenvalue weighted by Crippen LogP contribution is -2.52. The van der Waals surface area contributed by atoms with Crippen LogP contribution < -0.4 is 10.6 Å². The first-order chi connectivity index (χ1) is 11.2. The third-order valence-corrected chi connectivity index (χ3v) is 5.43. The van der Waals surface area contributed by atoms with Crippen molar-refractivity contribution in [2.75, 3.05) is 32.8 Å². The van der Waals surface area contributed by atoms with Gasteiger partial charge in [0.25, 0.3) is 0 Å². The predicted octanol–water partition coefficient (Wildman–Crippen LogP) is -0.680. The van der Waals surface area contributed by atoms with E-state index >= 15 is 0 Å². The number of amides is 3. The molecule has 132 valence electrons. The van der Waals surface area contributed by atoms with Gasteiger partial charge in [0, 0.05) is 19.6 Å². The molecule has 2 aliphatic heterocycles. The van der Waals surface area contributed by atoms with Crippen molar-refractivity contribution in [3.8, 4) is 0 Å². The molecule has 0 aromatic rings. The van der Waals surface area contributed by atoms with Gasteiger partial charge in [-0.1, -0.05) is 12.2 Å². The molecular weight excluding hydrogens is 334 g/mol. The van der Waals surface area contributed by atoms with Crippen LogP contribution in [0.15, 0.2) is 12.2 Å². The Hall–Kier alpha value is -1.44. The first kappa shape index (κ1) is 17.4. The van der Waals surface area contributed by atoms with Crippen molar-refractivity contribution in [3.63, 3.8) is 0 Å². The van der Waals surface area contributed by atoms with Crippen LogP contribution in [-0.2, 0) is 19.1 Å². The zero-order valence-corrected chi connectivity index (χ0v) is 14.1. The van der Waals surface area contributed by atoms with Crippen molar-refractivity contribution >= 4 is 30.1 Å². The molecule has 0 aromatic heterocycles. The topological polar surface area (TPSA) is 87.7 Å². The van der Waals surface area contributed by atoms with Gasteiger partial charge in [0.05, 0.1) is 25.0 Å². The first-order valence-electron chi connectivity index (χ1n) is 8.29. The molecule has 0 spiro atoms. The number of allylic oxidation sites excluding steroid dienone is 2. The molecule has 0 radical (unpaired) electrons. The van der Waals surface area contributed by atoms with Crippen LogP contribution >= 0.6 is 12.4 Å². The molecule has 7 nitrogen and oxygen atoms in total. The molecule has 2 N–H and O–H groups in total. The quantitative estimate of drug-likeness (QED) is 0.515. The van der Waals surface area contributed by atoms with Gasteiger partial charge in [-0.05, 0) is 18.3 Å². The van der Waals surface area contributed by atoms with Crippen molar-refractivity contribution in [2.24, 2.45) is 23.7 Å². The van der Waals surface area contributed by atoms with Crippen LogP contribution in [0.3, 0.4) is 0 Å². The monoisotopic (exact) mass is 355 g/mol. The van der Waals surface area contributed by atoms with E-state index in [2.05, 4.69) is 22.8 Å². The Bertz CT molecular complexity index is 546. The minimum Gasteiger partial charge on any atom is -0.378 e. The Kier molecular flexibility index (Phi) is 4.94. The zero-order valence-electron chi connectivity index (χ0n) is 13.3. The molecule has 4 aliphatic rings. The van der Waals surface area contributed by atoms with E-state index < -0.39 is 0 Å². The lowest BCUT2D eigenvalue weighted by atomic mass is 9.85. The molecule has 5 unspecified atom stereocenters. The number of likely N-dealkylation sites (tertiary alicyclic amines) is 1. The third kappa shape index (κ3) is 2.74. The minimum atomic E-state index is -0.354. The minimum absolute atomic E-state index is 0. The molecule has 1 saturated carbocycles. The van der Waals surface area contributed by atoms with E-state index in [1.807, 2.05) is 0 Å². The summed E-state index contributed by atoms with van der Waals surface area (Å²) in [6, 6.07) is -0.354. The second-order valence-electron chi connectivity index (χ2n) is 6.70. The van der Waals surface area contributed by atoms with Crippen LogP contribution in [0.4, 0.5) is 0 Å². The number of rotatable bonds is 4. The summed E-state index contributed by atoms with van der Waals surface area (Å²) in [4.78, 5) is 38.3. The molecule has 2 bridgehead atoms. The summed E-state index contributed by atoms with van der Waals surface area (Å²) in [5.41, 5.74) is 0. The molecule has 0 aromatic carbocycles. The lowest BCUT2D eigenvalue weighted by molar-refractivity contribution is -0.141. The summed E-state index contributed by atoms with van der Waals surface area (Å²) in [6.07, 6.45) is 5.10. The number of carbonyl (C=O) groups excluding carboxylic acids is 3. The number of fused-ring (bicyclic) bond motifs is 5. The van der Waals surface area contributed by atoms with Crippen LogP contribution in [0.2, 0.25) is 0 Å². The fourth-order valence-electron chi connectivity index (χ4n) is 4.33. The van der Waals surface area contributed by atoms with Gasteiger partial charge in [-0.3, -0.25) is 19.3 Å².